The van der Waals surface area contributed by atoms with Gasteiger partial charge in [0.05, 0.1) is 0 Å². The third kappa shape index (κ3) is 2.56. The van der Waals surface area contributed by atoms with Crippen LogP contribution in [0.25, 0.3) is 5.57 Å². The molecule has 2 aliphatic carbocycles. The summed E-state index contributed by atoms with van der Waals surface area (Å²) in [7, 11) is 0. The molecule has 1 heteroatoms. The van der Waals surface area contributed by atoms with Crippen molar-refractivity contribution >= 4 is 5.57 Å². The van der Waals surface area contributed by atoms with Gasteiger partial charge in [-0.1, -0.05) is 48.9 Å². The van der Waals surface area contributed by atoms with Crippen molar-refractivity contribution in [1.29, 1.82) is 0 Å². The van der Waals surface area contributed by atoms with Crippen LogP contribution in [0.1, 0.15) is 38.2 Å². The molecule has 0 bridgehead atoms. The highest BCUT2D eigenvalue weighted by Gasteiger charge is 2.18. The normalized spacial score (nSPS) is 22.8. The maximum absolute atomic E-state index is 13.9. The van der Waals surface area contributed by atoms with Crippen molar-refractivity contribution in [3.63, 3.8) is 0 Å². The Morgan fingerprint density at radius 3 is 2.89 bits per heavy atom. The van der Waals surface area contributed by atoms with Crippen LogP contribution in [0.15, 0.2) is 53.6 Å². The molecule has 0 heterocycles. The summed E-state index contributed by atoms with van der Waals surface area (Å²) in [6, 6.07) is 7.04. The molecule has 0 nitrogen and oxygen atoms in total. The van der Waals surface area contributed by atoms with Crippen LogP contribution in [-0.2, 0) is 0 Å². The van der Waals surface area contributed by atoms with Gasteiger partial charge in [-0.3, -0.25) is 0 Å². The van der Waals surface area contributed by atoms with Gasteiger partial charge in [0, 0.05) is 5.56 Å². The van der Waals surface area contributed by atoms with Crippen LogP contribution in [0.2, 0.25) is 0 Å². The van der Waals surface area contributed by atoms with E-state index in [0.717, 1.165) is 24.3 Å². The maximum atomic E-state index is 13.9. The summed E-state index contributed by atoms with van der Waals surface area (Å²) in [5.41, 5.74) is 4.70. The first-order valence-corrected chi connectivity index (χ1v) is 7.08. The average molecular weight is 254 g/mol. The lowest BCUT2D eigenvalue weighted by Crippen LogP contribution is -2.06. The predicted molar refractivity (Wildman–Crippen MR) is 78.2 cm³/mol. The molecule has 0 saturated carbocycles. The molecule has 0 aliphatic heterocycles. The Kier molecular flexibility index (Phi) is 3.37. The van der Waals surface area contributed by atoms with E-state index in [-0.39, 0.29) is 5.82 Å². The minimum atomic E-state index is -0.133. The van der Waals surface area contributed by atoms with Crippen LogP contribution < -0.4 is 0 Å². The molecule has 0 spiro atoms. The molecule has 1 unspecified atom stereocenters. The topological polar surface area (TPSA) is 0 Å². The molecular formula is C18H19F. The third-order valence-electron chi connectivity index (χ3n) is 4.14. The van der Waals surface area contributed by atoms with E-state index < -0.39 is 0 Å². The molecular weight excluding hydrogens is 235 g/mol. The lowest BCUT2D eigenvalue weighted by atomic mass is 9.83. The Morgan fingerprint density at radius 2 is 2.05 bits per heavy atom. The van der Waals surface area contributed by atoms with Gasteiger partial charge >= 0.3 is 0 Å². The molecule has 0 radical (unpaired) electrons. The van der Waals surface area contributed by atoms with Crippen LogP contribution >= 0.6 is 0 Å². The molecule has 0 N–H and O–H groups in total. The Balaban J connectivity index is 2.03. The van der Waals surface area contributed by atoms with Crippen molar-refractivity contribution in [2.24, 2.45) is 5.92 Å². The summed E-state index contributed by atoms with van der Waals surface area (Å²) >= 11 is 0. The van der Waals surface area contributed by atoms with Gasteiger partial charge in [-0.05, 0) is 48.8 Å². The first-order valence-electron chi connectivity index (χ1n) is 7.08. The summed E-state index contributed by atoms with van der Waals surface area (Å²) in [4.78, 5) is 0. The number of benzene rings is 1. The fourth-order valence-electron chi connectivity index (χ4n) is 3.02. The summed E-state index contributed by atoms with van der Waals surface area (Å²) < 4.78 is 13.9. The van der Waals surface area contributed by atoms with Crippen LogP contribution in [0.4, 0.5) is 4.39 Å². The van der Waals surface area contributed by atoms with E-state index in [1.807, 2.05) is 12.1 Å². The second-order valence-corrected chi connectivity index (χ2v) is 5.66. The quantitative estimate of drug-likeness (QED) is 0.639. The van der Waals surface area contributed by atoms with E-state index in [2.05, 4.69) is 25.2 Å². The molecule has 1 atom stereocenters. The molecule has 2 aliphatic rings. The van der Waals surface area contributed by atoms with Crippen LogP contribution in [0.3, 0.4) is 0 Å². The smallest absolute Gasteiger partial charge is 0.131 e. The van der Waals surface area contributed by atoms with Crippen molar-refractivity contribution in [3.05, 3.63) is 65.0 Å². The van der Waals surface area contributed by atoms with Gasteiger partial charge in [-0.2, -0.15) is 0 Å². The number of halogens is 1. The van der Waals surface area contributed by atoms with Crippen molar-refractivity contribution in [3.8, 4) is 0 Å². The Bertz CT molecular complexity index is 575. The molecule has 0 aromatic heterocycles. The molecule has 19 heavy (non-hydrogen) atoms. The van der Waals surface area contributed by atoms with Crippen molar-refractivity contribution in [1.82, 2.24) is 0 Å². The van der Waals surface area contributed by atoms with E-state index in [1.54, 1.807) is 11.6 Å². The minimum Gasteiger partial charge on any atom is -0.206 e. The predicted octanol–water partition coefficient (Wildman–Crippen LogP) is 5.29. The van der Waals surface area contributed by atoms with Crippen molar-refractivity contribution < 1.29 is 4.39 Å². The highest BCUT2D eigenvalue weighted by Crippen LogP contribution is 2.36. The number of hydrogen-bond donors (Lipinski definition) is 0. The number of allylic oxidation sites excluding steroid dienone is 6. The Hall–Kier alpha value is -1.63. The maximum Gasteiger partial charge on any atom is 0.131 e. The first-order chi connectivity index (χ1) is 9.24. The van der Waals surface area contributed by atoms with E-state index in [4.69, 9.17) is 0 Å². The molecule has 3 rings (SSSR count). The van der Waals surface area contributed by atoms with Gasteiger partial charge in [0.25, 0.3) is 0 Å². The summed E-state index contributed by atoms with van der Waals surface area (Å²) in [5.74, 6) is 0.612. The molecule has 98 valence electrons. The SMILES string of the molecule is CC1CCC2=C(C=C(c3ccccc3F)C=CC2)C1. The van der Waals surface area contributed by atoms with Gasteiger partial charge in [-0.25, -0.2) is 4.39 Å². The van der Waals surface area contributed by atoms with Crippen LogP contribution in [0.5, 0.6) is 0 Å². The van der Waals surface area contributed by atoms with Gasteiger partial charge in [0.1, 0.15) is 5.82 Å². The van der Waals surface area contributed by atoms with Crippen molar-refractivity contribution in [2.45, 2.75) is 32.6 Å². The Labute approximate surface area is 114 Å². The summed E-state index contributed by atoms with van der Waals surface area (Å²) in [6.07, 6.45) is 11.1. The fraction of sp³-hybridized carbons (Fsp3) is 0.333. The van der Waals surface area contributed by atoms with Crippen LogP contribution in [0, 0.1) is 11.7 Å². The minimum absolute atomic E-state index is 0.133. The largest absolute Gasteiger partial charge is 0.206 e. The zero-order valence-corrected chi connectivity index (χ0v) is 11.3. The Morgan fingerprint density at radius 1 is 1.21 bits per heavy atom. The highest BCUT2D eigenvalue weighted by molar-refractivity contribution is 5.77. The zero-order valence-electron chi connectivity index (χ0n) is 11.3. The van der Waals surface area contributed by atoms with Gasteiger partial charge in [-0.15, -0.1) is 0 Å². The first kappa shape index (κ1) is 12.4. The third-order valence-corrected chi connectivity index (χ3v) is 4.14. The molecule has 1 aromatic carbocycles. The summed E-state index contributed by atoms with van der Waals surface area (Å²) in [5, 5.41) is 0. The fourth-order valence-corrected chi connectivity index (χ4v) is 3.02. The molecule has 0 amide bonds. The van der Waals surface area contributed by atoms with Crippen molar-refractivity contribution in [2.75, 3.05) is 0 Å². The lowest BCUT2D eigenvalue weighted by molar-refractivity contribution is 0.499. The molecule has 0 saturated heterocycles. The second kappa shape index (κ2) is 5.16. The number of hydrogen-bond acceptors (Lipinski definition) is 0. The number of rotatable bonds is 1. The van der Waals surface area contributed by atoms with Gasteiger partial charge < -0.3 is 0 Å². The van der Waals surface area contributed by atoms with E-state index >= 15 is 0 Å². The monoisotopic (exact) mass is 254 g/mol. The van der Waals surface area contributed by atoms with E-state index in [1.165, 1.54) is 24.5 Å². The van der Waals surface area contributed by atoms with Gasteiger partial charge in [0.15, 0.2) is 0 Å². The van der Waals surface area contributed by atoms with Gasteiger partial charge in [0.2, 0.25) is 0 Å². The second-order valence-electron chi connectivity index (χ2n) is 5.66. The lowest BCUT2D eigenvalue weighted by Gasteiger charge is -2.22. The molecule has 1 aromatic rings. The standard InChI is InChI=1S/C18H19F/c1-13-9-10-14-5-4-6-15(12-16(14)11-13)17-7-2-3-8-18(17)19/h2-4,6-8,12-13H,5,9-11H2,1H3. The zero-order chi connectivity index (χ0) is 13.2. The average Bonchev–Trinajstić information content (AvgIpc) is 2.61. The highest BCUT2D eigenvalue weighted by atomic mass is 19.1. The van der Waals surface area contributed by atoms with E-state index in [9.17, 15) is 4.39 Å². The molecule has 0 fully saturated rings. The van der Waals surface area contributed by atoms with E-state index in [0.29, 0.717) is 5.56 Å². The summed E-state index contributed by atoms with van der Waals surface area (Å²) in [6.45, 7) is 2.30. The van der Waals surface area contributed by atoms with Crippen LogP contribution in [-0.4, -0.2) is 0 Å².